The van der Waals surface area contributed by atoms with Gasteiger partial charge in [-0.25, -0.2) is 0 Å². The Morgan fingerprint density at radius 2 is 2.05 bits per heavy atom. The van der Waals surface area contributed by atoms with Gasteiger partial charge in [0.25, 0.3) is 5.22 Å². The highest BCUT2D eigenvalue weighted by Crippen LogP contribution is 2.18. The molecule has 5 nitrogen and oxygen atoms in total. The van der Waals surface area contributed by atoms with Crippen LogP contribution in [0.5, 0.6) is 0 Å². The Balaban J connectivity index is 2.46. The Morgan fingerprint density at radius 3 is 2.63 bits per heavy atom. The second-order valence-electron chi connectivity index (χ2n) is 3.56. The minimum atomic E-state index is -0.00517. The Labute approximate surface area is 121 Å². The fourth-order valence-corrected chi connectivity index (χ4v) is 2.33. The number of nitrogens with zero attached hydrogens (tertiary/aromatic N) is 3. The van der Waals surface area contributed by atoms with Gasteiger partial charge in [-0.3, -0.25) is 4.79 Å². The molecule has 19 heavy (non-hydrogen) atoms. The maximum Gasteiger partial charge on any atom is 0.277 e. The standard InChI is InChI=1S/C12H17N3O2S2/c1-4-6-15(7-5-2)11(16)9-19-12-14-13-10(17-12)8-18-3/h4-5H,1-2,6-9H2,3H3. The van der Waals surface area contributed by atoms with E-state index in [-0.39, 0.29) is 11.7 Å². The lowest BCUT2D eigenvalue weighted by molar-refractivity contribution is -0.127. The van der Waals surface area contributed by atoms with Crippen LogP contribution in [0.2, 0.25) is 0 Å². The van der Waals surface area contributed by atoms with E-state index < -0.39 is 0 Å². The van der Waals surface area contributed by atoms with Crippen LogP contribution < -0.4 is 0 Å². The smallest absolute Gasteiger partial charge is 0.277 e. The number of carbonyl (C=O) groups excluding carboxylic acids is 1. The molecule has 104 valence electrons. The third kappa shape index (κ3) is 5.52. The molecule has 0 aromatic carbocycles. The predicted octanol–water partition coefficient (Wildman–Crippen LogP) is 2.23. The van der Waals surface area contributed by atoms with Crippen LogP contribution >= 0.6 is 23.5 Å². The average molecular weight is 299 g/mol. The Hall–Kier alpha value is -1.21. The lowest BCUT2D eigenvalue weighted by Gasteiger charge is -2.18. The summed E-state index contributed by atoms with van der Waals surface area (Å²) in [6.45, 7) is 8.27. The summed E-state index contributed by atoms with van der Waals surface area (Å²) in [5, 5.41) is 8.19. The van der Waals surface area contributed by atoms with Crippen molar-refractivity contribution in [1.29, 1.82) is 0 Å². The van der Waals surface area contributed by atoms with Crippen LogP contribution in [0, 0.1) is 0 Å². The summed E-state index contributed by atoms with van der Waals surface area (Å²) in [6, 6.07) is 0. The van der Waals surface area contributed by atoms with Crippen LogP contribution in [0.1, 0.15) is 5.89 Å². The van der Waals surface area contributed by atoms with E-state index in [1.807, 2.05) is 6.26 Å². The molecule has 1 aromatic rings. The summed E-state index contributed by atoms with van der Waals surface area (Å²) >= 11 is 2.85. The molecule has 0 unspecified atom stereocenters. The third-order valence-corrected chi connectivity index (χ3v) is 3.43. The van der Waals surface area contributed by atoms with Crippen molar-refractivity contribution in [3.8, 4) is 0 Å². The summed E-state index contributed by atoms with van der Waals surface area (Å²) in [6.07, 6.45) is 5.34. The topological polar surface area (TPSA) is 59.2 Å². The second-order valence-corrected chi connectivity index (χ2v) is 5.35. The molecule has 1 aromatic heterocycles. The summed E-state index contributed by atoms with van der Waals surface area (Å²) in [5.41, 5.74) is 0. The van der Waals surface area contributed by atoms with E-state index in [2.05, 4.69) is 23.4 Å². The van der Waals surface area contributed by atoms with Gasteiger partial charge < -0.3 is 9.32 Å². The van der Waals surface area contributed by atoms with E-state index in [0.29, 0.717) is 30.0 Å². The average Bonchev–Trinajstić information content (AvgIpc) is 2.84. The van der Waals surface area contributed by atoms with Crippen LogP contribution in [0.15, 0.2) is 34.9 Å². The lowest BCUT2D eigenvalue weighted by atomic mass is 10.4. The molecule has 0 aliphatic carbocycles. The van der Waals surface area contributed by atoms with E-state index in [1.54, 1.807) is 28.8 Å². The molecule has 0 aliphatic rings. The number of aromatic nitrogens is 2. The van der Waals surface area contributed by atoms with Gasteiger partial charge in [0.1, 0.15) is 0 Å². The zero-order valence-corrected chi connectivity index (χ0v) is 12.5. The van der Waals surface area contributed by atoms with E-state index in [1.165, 1.54) is 11.8 Å². The molecule has 0 bridgehead atoms. The highest BCUT2D eigenvalue weighted by molar-refractivity contribution is 7.99. The Kier molecular flexibility index (Phi) is 7.35. The number of hydrogen-bond acceptors (Lipinski definition) is 6. The molecule has 0 fully saturated rings. The van der Waals surface area contributed by atoms with Crippen molar-refractivity contribution in [2.24, 2.45) is 0 Å². The first-order valence-electron chi connectivity index (χ1n) is 5.65. The van der Waals surface area contributed by atoms with Crippen LogP contribution in [0.4, 0.5) is 0 Å². The fraction of sp³-hybridized carbons (Fsp3) is 0.417. The Bertz CT molecular complexity index is 424. The normalized spacial score (nSPS) is 10.2. The number of hydrogen-bond donors (Lipinski definition) is 0. The molecule has 1 heterocycles. The fourth-order valence-electron chi connectivity index (χ4n) is 1.28. The first-order chi connectivity index (χ1) is 9.21. The van der Waals surface area contributed by atoms with Crippen molar-refractivity contribution < 1.29 is 9.21 Å². The van der Waals surface area contributed by atoms with Crippen LogP contribution in [0.3, 0.4) is 0 Å². The van der Waals surface area contributed by atoms with Crippen molar-refractivity contribution in [3.63, 3.8) is 0 Å². The first-order valence-corrected chi connectivity index (χ1v) is 8.02. The van der Waals surface area contributed by atoms with Crippen molar-refractivity contribution >= 4 is 29.4 Å². The van der Waals surface area contributed by atoms with Gasteiger partial charge in [-0.1, -0.05) is 23.9 Å². The minimum Gasteiger partial charge on any atom is -0.415 e. The molecule has 0 aliphatic heterocycles. The minimum absolute atomic E-state index is 0.00517. The molecule has 1 rings (SSSR count). The van der Waals surface area contributed by atoms with Gasteiger partial charge >= 0.3 is 0 Å². The van der Waals surface area contributed by atoms with Gasteiger partial charge in [-0.05, 0) is 6.26 Å². The van der Waals surface area contributed by atoms with Crippen molar-refractivity contribution in [1.82, 2.24) is 15.1 Å². The number of carbonyl (C=O) groups is 1. The molecular formula is C12H17N3O2S2. The summed E-state index contributed by atoms with van der Waals surface area (Å²) in [5.74, 6) is 1.52. The number of rotatable bonds is 9. The third-order valence-electron chi connectivity index (χ3n) is 2.09. The van der Waals surface area contributed by atoms with Crippen LogP contribution in [0.25, 0.3) is 0 Å². The van der Waals surface area contributed by atoms with E-state index >= 15 is 0 Å². The van der Waals surface area contributed by atoms with Crippen LogP contribution in [-0.2, 0) is 10.5 Å². The zero-order chi connectivity index (χ0) is 14.1. The molecule has 0 N–H and O–H groups in total. The second kappa shape index (κ2) is 8.82. The monoisotopic (exact) mass is 299 g/mol. The summed E-state index contributed by atoms with van der Waals surface area (Å²) in [4.78, 5) is 13.6. The molecule has 7 heteroatoms. The van der Waals surface area contributed by atoms with Gasteiger partial charge in [-0.15, -0.1) is 23.4 Å². The Morgan fingerprint density at radius 1 is 1.37 bits per heavy atom. The SMILES string of the molecule is C=CCN(CC=C)C(=O)CSc1nnc(CSC)o1. The number of thioether (sulfide) groups is 2. The first kappa shape index (κ1) is 15.8. The van der Waals surface area contributed by atoms with Crippen molar-refractivity contribution in [2.45, 2.75) is 11.0 Å². The molecule has 1 amide bonds. The van der Waals surface area contributed by atoms with Gasteiger partial charge in [-0.2, -0.15) is 11.8 Å². The van der Waals surface area contributed by atoms with Gasteiger partial charge in [0.2, 0.25) is 11.8 Å². The molecular weight excluding hydrogens is 282 g/mol. The number of amides is 1. The molecule has 0 radical (unpaired) electrons. The van der Waals surface area contributed by atoms with E-state index in [0.717, 1.165) is 0 Å². The molecule has 0 atom stereocenters. The van der Waals surface area contributed by atoms with E-state index in [9.17, 15) is 4.79 Å². The van der Waals surface area contributed by atoms with E-state index in [4.69, 9.17) is 4.42 Å². The predicted molar refractivity (Wildman–Crippen MR) is 79.2 cm³/mol. The van der Waals surface area contributed by atoms with Crippen LogP contribution in [-0.4, -0.2) is 46.1 Å². The summed E-state index contributed by atoms with van der Waals surface area (Å²) < 4.78 is 5.38. The maximum absolute atomic E-state index is 11.9. The quantitative estimate of drug-likeness (QED) is 0.515. The molecule has 0 spiro atoms. The van der Waals surface area contributed by atoms with Gasteiger partial charge in [0.05, 0.1) is 11.5 Å². The van der Waals surface area contributed by atoms with Crippen molar-refractivity contribution in [3.05, 3.63) is 31.2 Å². The lowest BCUT2D eigenvalue weighted by Crippen LogP contribution is -2.32. The highest BCUT2D eigenvalue weighted by Gasteiger charge is 2.13. The van der Waals surface area contributed by atoms with Crippen molar-refractivity contribution in [2.75, 3.05) is 25.1 Å². The molecule has 0 saturated carbocycles. The highest BCUT2D eigenvalue weighted by atomic mass is 32.2. The maximum atomic E-state index is 11.9. The van der Waals surface area contributed by atoms with Gasteiger partial charge in [0, 0.05) is 13.1 Å². The summed E-state index contributed by atoms with van der Waals surface area (Å²) in [7, 11) is 0. The zero-order valence-electron chi connectivity index (χ0n) is 10.9. The molecule has 0 saturated heterocycles. The largest absolute Gasteiger partial charge is 0.415 e. The van der Waals surface area contributed by atoms with Gasteiger partial charge in [0.15, 0.2) is 0 Å².